The van der Waals surface area contributed by atoms with Crippen molar-refractivity contribution in [3.05, 3.63) is 23.0 Å². The molecule has 0 bridgehead atoms. The van der Waals surface area contributed by atoms with E-state index in [1.165, 1.54) is 6.33 Å². The van der Waals surface area contributed by atoms with Gasteiger partial charge in [-0.25, -0.2) is 14.4 Å². The van der Waals surface area contributed by atoms with Gasteiger partial charge in [0, 0.05) is 5.41 Å². The molecule has 4 heteroatoms. The number of aromatic nitrogens is 2. The van der Waals surface area contributed by atoms with Crippen LogP contribution < -0.4 is 0 Å². The Kier molecular flexibility index (Phi) is 2.33. The quantitative estimate of drug-likeness (QED) is 0.585. The molecule has 0 aromatic carbocycles. The standard InChI is InChI=1S/C8H10ClFN2/c1-8(2,3)6-5(10)7(9)12-4-11-6/h4H,1-3H3. The van der Waals surface area contributed by atoms with E-state index in [2.05, 4.69) is 9.97 Å². The zero-order valence-electron chi connectivity index (χ0n) is 7.23. The minimum atomic E-state index is -0.522. The molecule has 0 saturated heterocycles. The van der Waals surface area contributed by atoms with Gasteiger partial charge in [-0.15, -0.1) is 0 Å². The number of nitrogens with zero attached hydrogens (tertiary/aromatic N) is 2. The molecular weight excluding hydrogens is 179 g/mol. The van der Waals surface area contributed by atoms with E-state index in [9.17, 15) is 4.39 Å². The lowest BCUT2D eigenvalue weighted by Gasteiger charge is -2.17. The van der Waals surface area contributed by atoms with Crippen LogP contribution in [0.5, 0.6) is 0 Å². The van der Waals surface area contributed by atoms with Crippen molar-refractivity contribution in [2.24, 2.45) is 0 Å². The van der Waals surface area contributed by atoms with Crippen molar-refractivity contribution in [1.29, 1.82) is 0 Å². The topological polar surface area (TPSA) is 25.8 Å². The maximum atomic E-state index is 13.2. The number of hydrogen-bond acceptors (Lipinski definition) is 2. The summed E-state index contributed by atoms with van der Waals surface area (Å²) in [5.74, 6) is -0.522. The lowest BCUT2D eigenvalue weighted by molar-refractivity contribution is 0.498. The summed E-state index contributed by atoms with van der Waals surface area (Å²) in [6.07, 6.45) is 1.27. The second-order valence-electron chi connectivity index (χ2n) is 3.58. The Balaban J connectivity index is 3.26. The van der Waals surface area contributed by atoms with Crippen molar-refractivity contribution < 1.29 is 4.39 Å². The van der Waals surface area contributed by atoms with Crippen molar-refractivity contribution in [3.63, 3.8) is 0 Å². The molecular formula is C8H10ClFN2. The average Bonchev–Trinajstić information content (AvgIpc) is 1.92. The molecule has 0 fully saturated rings. The van der Waals surface area contributed by atoms with E-state index >= 15 is 0 Å². The van der Waals surface area contributed by atoms with Crippen LogP contribution in [0.15, 0.2) is 6.33 Å². The van der Waals surface area contributed by atoms with Crippen LogP contribution in [-0.2, 0) is 5.41 Å². The predicted octanol–water partition coefficient (Wildman–Crippen LogP) is 2.57. The second-order valence-corrected chi connectivity index (χ2v) is 3.94. The molecule has 1 aromatic rings. The Bertz CT molecular complexity index is 294. The van der Waals surface area contributed by atoms with Gasteiger partial charge in [0.15, 0.2) is 11.0 Å². The van der Waals surface area contributed by atoms with Gasteiger partial charge in [-0.3, -0.25) is 0 Å². The summed E-state index contributed by atoms with van der Waals surface area (Å²) in [6.45, 7) is 5.61. The zero-order chi connectivity index (χ0) is 9.35. The largest absolute Gasteiger partial charge is 0.238 e. The van der Waals surface area contributed by atoms with Gasteiger partial charge in [0.05, 0.1) is 5.69 Å². The van der Waals surface area contributed by atoms with E-state index in [4.69, 9.17) is 11.6 Å². The fourth-order valence-electron chi connectivity index (χ4n) is 0.871. The van der Waals surface area contributed by atoms with E-state index < -0.39 is 5.82 Å². The van der Waals surface area contributed by atoms with E-state index in [1.54, 1.807) is 0 Å². The SMILES string of the molecule is CC(C)(C)c1ncnc(Cl)c1F. The Morgan fingerprint density at radius 3 is 2.33 bits per heavy atom. The van der Waals surface area contributed by atoms with Gasteiger partial charge in [0.1, 0.15) is 6.33 Å². The van der Waals surface area contributed by atoms with Gasteiger partial charge >= 0.3 is 0 Å². The lowest BCUT2D eigenvalue weighted by Crippen LogP contribution is -2.16. The van der Waals surface area contributed by atoms with E-state index in [1.807, 2.05) is 20.8 Å². The molecule has 0 atom stereocenters. The minimum absolute atomic E-state index is 0.116. The molecule has 0 aliphatic heterocycles. The van der Waals surface area contributed by atoms with E-state index in [0.717, 1.165) is 0 Å². The molecule has 0 amide bonds. The first-order chi connectivity index (χ1) is 5.43. The highest BCUT2D eigenvalue weighted by molar-refractivity contribution is 6.29. The molecule has 66 valence electrons. The molecule has 2 nitrogen and oxygen atoms in total. The lowest BCUT2D eigenvalue weighted by atomic mass is 9.92. The average molecular weight is 189 g/mol. The van der Waals surface area contributed by atoms with Crippen LogP contribution in [0.1, 0.15) is 26.5 Å². The molecule has 1 rings (SSSR count). The summed E-state index contributed by atoms with van der Waals surface area (Å²) in [4.78, 5) is 7.37. The summed E-state index contributed by atoms with van der Waals surface area (Å²) in [5, 5.41) is -0.116. The number of hydrogen-bond donors (Lipinski definition) is 0. The van der Waals surface area contributed by atoms with Crippen LogP contribution in [0.25, 0.3) is 0 Å². The monoisotopic (exact) mass is 188 g/mol. The Morgan fingerprint density at radius 1 is 1.33 bits per heavy atom. The van der Waals surface area contributed by atoms with Crippen molar-refractivity contribution in [3.8, 4) is 0 Å². The number of halogens is 2. The van der Waals surface area contributed by atoms with Crippen LogP contribution in [0.4, 0.5) is 4.39 Å². The van der Waals surface area contributed by atoms with Gasteiger partial charge in [-0.1, -0.05) is 32.4 Å². The van der Waals surface area contributed by atoms with Gasteiger partial charge in [0.2, 0.25) is 0 Å². The minimum Gasteiger partial charge on any atom is -0.238 e. The van der Waals surface area contributed by atoms with Crippen LogP contribution in [0.2, 0.25) is 5.15 Å². The fourth-order valence-corrected chi connectivity index (χ4v) is 1.00. The first-order valence-corrected chi connectivity index (χ1v) is 3.97. The van der Waals surface area contributed by atoms with Crippen molar-refractivity contribution >= 4 is 11.6 Å². The summed E-state index contributed by atoms with van der Waals surface area (Å²) >= 11 is 5.49. The molecule has 12 heavy (non-hydrogen) atoms. The van der Waals surface area contributed by atoms with Crippen LogP contribution in [0, 0.1) is 5.82 Å². The summed E-state index contributed by atoms with van der Waals surface area (Å²) < 4.78 is 13.2. The molecule has 0 N–H and O–H groups in total. The third-order valence-corrected chi connectivity index (χ3v) is 1.72. The molecule has 0 aliphatic carbocycles. The molecule has 1 aromatic heterocycles. The third-order valence-electron chi connectivity index (χ3n) is 1.46. The smallest absolute Gasteiger partial charge is 0.182 e. The first kappa shape index (κ1) is 9.39. The summed E-state index contributed by atoms with van der Waals surface area (Å²) in [6, 6.07) is 0. The van der Waals surface area contributed by atoms with Crippen LogP contribution in [-0.4, -0.2) is 9.97 Å². The van der Waals surface area contributed by atoms with Gasteiger partial charge in [0.25, 0.3) is 0 Å². The van der Waals surface area contributed by atoms with Crippen LogP contribution in [0.3, 0.4) is 0 Å². The Hall–Kier alpha value is -0.700. The maximum absolute atomic E-state index is 13.2. The van der Waals surface area contributed by atoms with E-state index in [0.29, 0.717) is 5.69 Å². The van der Waals surface area contributed by atoms with Crippen molar-refractivity contribution in [1.82, 2.24) is 9.97 Å². The highest BCUT2D eigenvalue weighted by atomic mass is 35.5. The highest BCUT2D eigenvalue weighted by Gasteiger charge is 2.22. The van der Waals surface area contributed by atoms with Crippen LogP contribution >= 0.6 is 11.6 Å². The zero-order valence-corrected chi connectivity index (χ0v) is 7.98. The maximum Gasteiger partial charge on any atom is 0.182 e. The summed E-state index contributed by atoms with van der Waals surface area (Å²) in [5.41, 5.74) is 0.0129. The third kappa shape index (κ3) is 1.72. The predicted molar refractivity (Wildman–Crippen MR) is 45.7 cm³/mol. The normalized spacial score (nSPS) is 11.8. The van der Waals surface area contributed by atoms with Gasteiger partial charge in [-0.2, -0.15) is 0 Å². The van der Waals surface area contributed by atoms with Gasteiger partial charge < -0.3 is 0 Å². The molecule has 1 heterocycles. The number of rotatable bonds is 0. The molecule has 0 radical (unpaired) electrons. The Morgan fingerprint density at radius 2 is 1.92 bits per heavy atom. The molecule has 0 saturated carbocycles. The molecule has 0 unspecified atom stereocenters. The molecule has 0 spiro atoms. The summed E-state index contributed by atoms with van der Waals surface area (Å²) in [7, 11) is 0. The van der Waals surface area contributed by atoms with E-state index in [-0.39, 0.29) is 10.6 Å². The second kappa shape index (κ2) is 2.98. The fraction of sp³-hybridized carbons (Fsp3) is 0.500. The van der Waals surface area contributed by atoms with Crippen molar-refractivity contribution in [2.75, 3.05) is 0 Å². The highest BCUT2D eigenvalue weighted by Crippen LogP contribution is 2.25. The Labute approximate surface area is 75.8 Å². The first-order valence-electron chi connectivity index (χ1n) is 3.59. The van der Waals surface area contributed by atoms with Gasteiger partial charge in [-0.05, 0) is 0 Å². The van der Waals surface area contributed by atoms with Crippen molar-refractivity contribution in [2.45, 2.75) is 26.2 Å². The molecule has 0 aliphatic rings.